The molecular weight excluding hydrogens is 321 g/mol. The van der Waals surface area contributed by atoms with Gasteiger partial charge in [-0.05, 0) is 43.7 Å². The molecule has 2 aromatic heterocycles. The molecule has 0 saturated heterocycles. The molecular formula is C18H14FN5O. The van der Waals surface area contributed by atoms with Gasteiger partial charge in [-0.25, -0.2) is 9.07 Å². The Kier molecular flexibility index (Phi) is 3.61. The molecule has 0 aliphatic carbocycles. The topological polar surface area (TPSA) is 69.6 Å². The van der Waals surface area contributed by atoms with Crippen LogP contribution in [-0.2, 0) is 0 Å². The predicted molar refractivity (Wildman–Crippen MR) is 89.5 cm³/mol. The van der Waals surface area contributed by atoms with Gasteiger partial charge in [0.2, 0.25) is 5.82 Å². The first kappa shape index (κ1) is 15.2. The molecule has 2 heterocycles. The predicted octanol–water partition coefficient (Wildman–Crippen LogP) is 3.74. The van der Waals surface area contributed by atoms with Gasteiger partial charge in [0, 0.05) is 5.56 Å². The summed E-state index contributed by atoms with van der Waals surface area (Å²) in [4.78, 5) is 4.44. The summed E-state index contributed by atoms with van der Waals surface area (Å²) in [6.07, 6.45) is 0. The molecule has 0 amide bonds. The van der Waals surface area contributed by atoms with E-state index in [0.717, 1.165) is 16.8 Å². The van der Waals surface area contributed by atoms with Gasteiger partial charge in [-0.1, -0.05) is 34.6 Å². The zero-order valence-electron chi connectivity index (χ0n) is 13.6. The number of aryl methyl sites for hydroxylation is 1. The van der Waals surface area contributed by atoms with Gasteiger partial charge in [0.05, 0.1) is 11.4 Å². The Morgan fingerprint density at radius 3 is 2.52 bits per heavy atom. The number of nitrogens with zero attached hydrogens (tertiary/aromatic N) is 5. The highest BCUT2D eigenvalue weighted by molar-refractivity contribution is 5.62. The van der Waals surface area contributed by atoms with Gasteiger partial charge in [-0.3, -0.25) is 0 Å². The van der Waals surface area contributed by atoms with E-state index in [9.17, 15) is 4.39 Å². The molecule has 0 aliphatic heterocycles. The molecule has 4 aromatic rings. The molecule has 0 N–H and O–H groups in total. The van der Waals surface area contributed by atoms with Crippen molar-refractivity contribution in [3.8, 4) is 28.7 Å². The summed E-state index contributed by atoms with van der Waals surface area (Å²) in [6, 6.07) is 13.8. The minimum atomic E-state index is -0.304. The summed E-state index contributed by atoms with van der Waals surface area (Å²) in [5.41, 5.74) is 3.89. The summed E-state index contributed by atoms with van der Waals surface area (Å²) >= 11 is 0. The van der Waals surface area contributed by atoms with Gasteiger partial charge in [-0.2, -0.15) is 4.98 Å². The summed E-state index contributed by atoms with van der Waals surface area (Å²) in [6.45, 7) is 3.83. The number of rotatable bonds is 3. The maximum atomic E-state index is 13.1. The second-order valence-electron chi connectivity index (χ2n) is 5.65. The van der Waals surface area contributed by atoms with Gasteiger partial charge in [0.15, 0.2) is 5.69 Å². The van der Waals surface area contributed by atoms with E-state index in [0.29, 0.717) is 23.1 Å². The fraction of sp³-hybridized carbons (Fsp3) is 0.111. The average Bonchev–Trinajstić information content (AvgIpc) is 3.23. The number of hydrogen-bond acceptors (Lipinski definition) is 5. The molecule has 0 atom stereocenters. The van der Waals surface area contributed by atoms with E-state index in [1.807, 2.05) is 38.1 Å². The van der Waals surface area contributed by atoms with Crippen molar-refractivity contribution >= 4 is 0 Å². The van der Waals surface area contributed by atoms with Crippen LogP contribution < -0.4 is 0 Å². The lowest BCUT2D eigenvalue weighted by molar-refractivity contribution is 0.430. The fourth-order valence-electron chi connectivity index (χ4n) is 2.61. The third-order valence-corrected chi connectivity index (χ3v) is 3.98. The summed E-state index contributed by atoms with van der Waals surface area (Å²) in [5, 5.41) is 12.3. The molecule has 0 radical (unpaired) electrons. The molecule has 124 valence electrons. The lowest BCUT2D eigenvalue weighted by Gasteiger charge is -2.02. The van der Waals surface area contributed by atoms with Crippen molar-refractivity contribution in [2.24, 2.45) is 0 Å². The highest BCUT2D eigenvalue weighted by Crippen LogP contribution is 2.25. The normalized spacial score (nSPS) is 11.0. The molecule has 0 fully saturated rings. The van der Waals surface area contributed by atoms with E-state index in [1.54, 1.807) is 16.8 Å². The molecule has 4 rings (SSSR count). The minimum absolute atomic E-state index is 0.295. The first-order valence-corrected chi connectivity index (χ1v) is 7.72. The molecule has 2 aromatic carbocycles. The van der Waals surface area contributed by atoms with Crippen LogP contribution in [0.15, 0.2) is 53.1 Å². The fourth-order valence-corrected chi connectivity index (χ4v) is 2.61. The SMILES string of the molecule is Cc1ccccc1-c1noc(-c2nnn(-c3ccc(F)cc3)c2C)n1. The second kappa shape index (κ2) is 5.94. The van der Waals surface area contributed by atoms with Crippen molar-refractivity contribution in [3.05, 3.63) is 65.6 Å². The molecule has 0 spiro atoms. The molecule has 0 unspecified atom stereocenters. The van der Waals surface area contributed by atoms with Crippen molar-refractivity contribution in [2.75, 3.05) is 0 Å². The third-order valence-electron chi connectivity index (χ3n) is 3.98. The second-order valence-corrected chi connectivity index (χ2v) is 5.65. The van der Waals surface area contributed by atoms with Gasteiger partial charge in [-0.15, -0.1) is 5.10 Å². The maximum absolute atomic E-state index is 13.1. The summed E-state index contributed by atoms with van der Waals surface area (Å²) in [5.74, 6) is 0.495. The minimum Gasteiger partial charge on any atom is -0.332 e. The van der Waals surface area contributed by atoms with Crippen LogP contribution in [0.5, 0.6) is 0 Å². The molecule has 0 bridgehead atoms. The molecule has 6 nitrogen and oxygen atoms in total. The molecule has 0 aliphatic rings. The first-order valence-electron chi connectivity index (χ1n) is 7.72. The molecule has 7 heteroatoms. The molecule has 0 saturated carbocycles. The van der Waals surface area contributed by atoms with E-state index >= 15 is 0 Å². The Labute approximate surface area is 142 Å². The van der Waals surface area contributed by atoms with Crippen LogP contribution in [0.2, 0.25) is 0 Å². The maximum Gasteiger partial charge on any atom is 0.280 e. The Bertz CT molecular complexity index is 1040. The number of aromatic nitrogens is 5. The largest absolute Gasteiger partial charge is 0.332 e. The highest BCUT2D eigenvalue weighted by Gasteiger charge is 2.19. The van der Waals surface area contributed by atoms with Gasteiger partial charge in [0.25, 0.3) is 5.89 Å². The van der Waals surface area contributed by atoms with Crippen LogP contribution in [0, 0.1) is 19.7 Å². The Morgan fingerprint density at radius 1 is 1.00 bits per heavy atom. The zero-order valence-corrected chi connectivity index (χ0v) is 13.6. The standard InChI is InChI=1S/C18H14FN5O/c1-11-5-3-4-6-15(11)17-20-18(25-22-17)16-12(2)24(23-21-16)14-9-7-13(19)8-10-14/h3-10H,1-2H3. The van der Waals surface area contributed by atoms with Crippen LogP contribution >= 0.6 is 0 Å². The van der Waals surface area contributed by atoms with Crippen LogP contribution in [0.1, 0.15) is 11.3 Å². The number of benzene rings is 2. The van der Waals surface area contributed by atoms with Crippen molar-refractivity contribution in [3.63, 3.8) is 0 Å². The van der Waals surface area contributed by atoms with E-state index in [2.05, 4.69) is 20.5 Å². The van der Waals surface area contributed by atoms with Crippen molar-refractivity contribution < 1.29 is 8.91 Å². The monoisotopic (exact) mass is 335 g/mol. The lowest BCUT2D eigenvalue weighted by Crippen LogP contribution is -1.99. The van der Waals surface area contributed by atoms with Crippen molar-refractivity contribution in [1.82, 2.24) is 25.1 Å². The van der Waals surface area contributed by atoms with E-state index in [-0.39, 0.29) is 5.82 Å². The van der Waals surface area contributed by atoms with Crippen molar-refractivity contribution in [2.45, 2.75) is 13.8 Å². The van der Waals surface area contributed by atoms with Crippen LogP contribution in [0.25, 0.3) is 28.7 Å². The number of halogens is 1. The van der Waals surface area contributed by atoms with Crippen molar-refractivity contribution in [1.29, 1.82) is 0 Å². The number of hydrogen-bond donors (Lipinski definition) is 0. The van der Waals surface area contributed by atoms with E-state index in [4.69, 9.17) is 4.52 Å². The average molecular weight is 335 g/mol. The van der Waals surface area contributed by atoms with E-state index in [1.165, 1.54) is 12.1 Å². The van der Waals surface area contributed by atoms with Crippen LogP contribution in [0.3, 0.4) is 0 Å². The quantitative estimate of drug-likeness (QED) is 0.570. The zero-order chi connectivity index (χ0) is 17.4. The molecule has 25 heavy (non-hydrogen) atoms. The van der Waals surface area contributed by atoms with Crippen LogP contribution in [-0.4, -0.2) is 25.1 Å². The van der Waals surface area contributed by atoms with E-state index < -0.39 is 0 Å². The highest BCUT2D eigenvalue weighted by atomic mass is 19.1. The van der Waals surface area contributed by atoms with Gasteiger partial charge >= 0.3 is 0 Å². The summed E-state index contributed by atoms with van der Waals surface area (Å²) in [7, 11) is 0. The Morgan fingerprint density at radius 2 is 1.76 bits per heavy atom. The van der Waals surface area contributed by atoms with Gasteiger partial charge < -0.3 is 4.52 Å². The Balaban J connectivity index is 1.72. The third kappa shape index (κ3) is 2.69. The summed E-state index contributed by atoms with van der Waals surface area (Å²) < 4.78 is 20.1. The van der Waals surface area contributed by atoms with Gasteiger partial charge in [0.1, 0.15) is 5.82 Å². The van der Waals surface area contributed by atoms with Crippen LogP contribution in [0.4, 0.5) is 4.39 Å². The lowest BCUT2D eigenvalue weighted by atomic mass is 10.1. The first-order chi connectivity index (χ1) is 12.1. The smallest absolute Gasteiger partial charge is 0.280 e. The Hall–Kier alpha value is -3.35.